The molecule has 1 aromatic rings. The first-order valence-electron chi connectivity index (χ1n) is 4.54. The monoisotopic (exact) mass is 211 g/mol. The Kier molecular flexibility index (Phi) is 3.91. The van der Waals surface area contributed by atoms with Crippen LogP contribution in [0.15, 0.2) is 16.7 Å². The summed E-state index contributed by atoms with van der Waals surface area (Å²) in [4.78, 5) is 22.2. The molecule has 5 nitrogen and oxygen atoms in total. The van der Waals surface area contributed by atoms with Gasteiger partial charge in [-0.05, 0) is 13.0 Å². The van der Waals surface area contributed by atoms with Crippen LogP contribution >= 0.6 is 0 Å². The topological polar surface area (TPSA) is 68.5 Å². The molecule has 0 spiro atoms. The molecule has 0 unspecified atom stereocenters. The van der Waals surface area contributed by atoms with E-state index in [2.05, 4.69) is 10.1 Å². The molecule has 0 radical (unpaired) electrons. The number of nitrogens with one attached hydrogen (secondary N) is 1. The molecule has 0 bridgehead atoms. The summed E-state index contributed by atoms with van der Waals surface area (Å²) in [5.74, 6) is -0.396. The van der Waals surface area contributed by atoms with Gasteiger partial charge in [0.15, 0.2) is 5.76 Å². The van der Waals surface area contributed by atoms with Gasteiger partial charge in [0.2, 0.25) is 0 Å². The van der Waals surface area contributed by atoms with E-state index in [0.29, 0.717) is 0 Å². The van der Waals surface area contributed by atoms with Crippen LogP contribution in [-0.2, 0) is 9.53 Å². The lowest BCUT2D eigenvalue weighted by Crippen LogP contribution is -2.26. The lowest BCUT2D eigenvalue weighted by molar-refractivity contribution is -0.140. The van der Waals surface area contributed by atoms with Crippen LogP contribution in [0, 0.1) is 6.92 Å². The summed E-state index contributed by atoms with van der Waals surface area (Å²) in [6.07, 6.45) is 1.60. The Labute approximate surface area is 87.4 Å². The number of hydrogen-bond acceptors (Lipinski definition) is 4. The van der Waals surface area contributed by atoms with Crippen molar-refractivity contribution < 1.29 is 18.7 Å². The Hall–Kier alpha value is -1.78. The molecule has 1 rings (SSSR count). The van der Waals surface area contributed by atoms with Gasteiger partial charge in [0, 0.05) is 12.1 Å². The van der Waals surface area contributed by atoms with Crippen molar-refractivity contribution in [1.29, 1.82) is 0 Å². The molecule has 0 aromatic carbocycles. The van der Waals surface area contributed by atoms with E-state index in [9.17, 15) is 9.59 Å². The Bertz CT molecular complexity index is 356. The fourth-order valence-corrected chi connectivity index (χ4v) is 1.07. The summed E-state index contributed by atoms with van der Waals surface area (Å²) < 4.78 is 9.41. The van der Waals surface area contributed by atoms with E-state index < -0.39 is 0 Å². The Morgan fingerprint density at radius 2 is 2.27 bits per heavy atom. The number of ether oxygens (including phenoxy) is 1. The summed E-state index contributed by atoms with van der Waals surface area (Å²) in [6, 6.07) is 1.70. The fourth-order valence-electron chi connectivity index (χ4n) is 1.07. The first-order valence-corrected chi connectivity index (χ1v) is 4.54. The van der Waals surface area contributed by atoms with Crippen molar-refractivity contribution in [2.45, 2.75) is 13.3 Å². The zero-order valence-electron chi connectivity index (χ0n) is 8.70. The lowest BCUT2D eigenvalue weighted by atomic mass is 10.2. The number of hydrogen-bond donors (Lipinski definition) is 1. The molecule has 82 valence electrons. The number of rotatable bonds is 4. The molecular weight excluding hydrogens is 198 g/mol. The molecule has 5 heteroatoms. The summed E-state index contributed by atoms with van der Waals surface area (Å²) in [7, 11) is 1.31. The highest BCUT2D eigenvalue weighted by Gasteiger charge is 2.12. The standard InChI is InChI=1S/C10H13NO4/c1-7-4-6-15-9(7)10(13)11-5-3-8(12)14-2/h4,6H,3,5H2,1-2H3,(H,11,13). The van der Waals surface area contributed by atoms with E-state index in [1.807, 2.05) is 0 Å². The minimum Gasteiger partial charge on any atom is -0.469 e. The first-order chi connectivity index (χ1) is 7.15. The SMILES string of the molecule is COC(=O)CCNC(=O)c1occc1C. The molecule has 0 saturated carbocycles. The van der Waals surface area contributed by atoms with Crippen LogP contribution in [0.4, 0.5) is 0 Å². The first kappa shape index (κ1) is 11.3. The van der Waals surface area contributed by atoms with E-state index in [1.165, 1.54) is 13.4 Å². The van der Waals surface area contributed by atoms with Gasteiger partial charge in [0.05, 0.1) is 19.8 Å². The summed E-state index contributed by atoms with van der Waals surface area (Å²) in [5.41, 5.74) is 0.769. The van der Waals surface area contributed by atoms with Gasteiger partial charge in [-0.15, -0.1) is 0 Å². The Morgan fingerprint density at radius 1 is 1.53 bits per heavy atom. The van der Waals surface area contributed by atoms with Gasteiger partial charge in [0.1, 0.15) is 0 Å². The molecule has 15 heavy (non-hydrogen) atoms. The molecule has 0 aliphatic carbocycles. The second kappa shape index (κ2) is 5.19. The molecule has 0 saturated heterocycles. The van der Waals surface area contributed by atoms with Gasteiger partial charge in [-0.2, -0.15) is 0 Å². The zero-order valence-corrected chi connectivity index (χ0v) is 8.70. The molecule has 0 fully saturated rings. The lowest BCUT2D eigenvalue weighted by Gasteiger charge is -2.02. The number of furan rings is 1. The van der Waals surface area contributed by atoms with Crippen molar-refractivity contribution in [3.8, 4) is 0 Å². The van der Waals surface area contributed by atoms with Crippen molar-refractivity contribution in [3.63, 3.8) is 0 Å². The van der Waals surface area contributed by atoms with E-state index in [-0.39, 0.29) is 30.6 Å². The molecule has 1 N–H and O–H groups in total. The number of esters is 1. The van der Waals surface area contributed by atoms with Crippen LogP contribution < -0.4 is 5.32 Å². The maximum absolute atomic E-state index is 11.4. The van der Waals surface area contributed by atoms with Gasteiger partial charge in [-0.3, -0.25) is 9.59 Å². The van der Waals surface area contributed by atoms with Crippen LogP contribution in [0.25, 0.3) is 0 Å². The highest BCUT2D eigenvalue weighted by atomic mass is 16.5. The van der Waals surface area contributed by atoms with Gasteiger partial charge in [-0.25, -0.2) is 0 Å². The second-order valence-electron chi connectivity index (χ2n) is 3.01. The quantitative estimate of drug-likeness (QED) is 0.750. The maximum atomic E-state index is 11.4. The molecule has 0 aliphatic heterocycles. The van der Waals surface area contributed by atoms with Crippen LogP contribution in [-0.4, -0.2) is 25.5 Å². The third-order valence-corrected chi connectivity index (χ3v) is 1.91. The number of aryl methyl sites for hydroxylation is 1. The van der Waals surface area contributed by atoms with Crippen molar-refractivity contribution in [1.82, 2.24) is 5.32 Å². The third kappa shape index (κ3) is 3.12. The highest BCUT2D eigenvalue weighted by molar-refractivity contribution is 5.92. The number of methoxy groups -OCH3 is 1. The van der Waals surface area contributed by atoms with Crippen LogP contribution in [0.1, 0.15) is 22.5 Å². The van der Waals surface area contributed by atoms with Crippen LogP contribution in [0.5, 0.6) is 0 Å². The summed E-state index contributed by atoms with van der Waals surface area (Å²) >= 11 is 0. The largest absolute Gasteiger partial charge is 0.469 e. The molecule has 1 aromatic heterocycles. The average Bonchev–Trinajstić information content (AvgIpc) is 2.64. The molecular formula is C10H13NO4. The number of carbonyl (C=O) groups excluding carboxylic acids is 2. The Balaban J connectivity index is 2.38. The van der Waals surface area contributed by atoms with Crippen LogP contribution in [0.2, 0.25) is 0 Å². The molecule has 1 heterocycles. The van der Waals surface area contributed by atoms with Crippen LogP contribution in [0.3, 0.4) is 0 Å². The van der Waals surface area contributed by atoms with E-state index in [1.54, 1.807) is 13.0 Å². The molecule has 0 aliphatic rings. The van der Waals surface area contributed by atoms with Gasteiger partial charge in [0.25, 0.3) is 5.91 Å². The van der Waals surface area contributed by atoms with Gasteiger partial charge < -0.3 is 14.5 Å². The van der Waals surface area contributed by atoms with Crippen molar-refractivity contribution in [2.24, 2.45) is 0 Å². The summed E-state index contributed by atoms with van der Waals surface area (Å²) in [6.45, 7) is 2.02. The molecule has 0 atom stereocenters. The predicted molar refractivity (Wildman–Crippen MR) is 52.4 cm³/mol. The highest BCUT2D eigenvalue weighted by Crippen LogP contribution is 2.07. The molecule has 1 amide bonds. The number of carbonyl (C=O) groups is 2. The van der Waals surface area contributed by atoms with E-state index in [0.717, 1.165) is 5.56 Å². The minimum atomic E-state index is -0.355. The third-order valence-electron chi connectivity index (χ3n) is 1.91. The zero-order chi connectivity index (χ0) is 11.3. The smallest absolute Gasteiger partial charge is 0.307 e. The van der Waals surface area contributed by atoms with Crippen molar-refractivity contribution in [3.05, 3.63) is 23.7 Å². The van der Waals surface area contributed by atoms with E-state index >= 15 is 0 Å². The summed E-state index contributed by atoms with van der Waals surface area (Å²) in [5, 5.41) is 2.56. The number of amides is 1. The average molecular weight is 211 g/mol. The van der Waals surface area contributed by atoms with Crippen molar-refractivity contribution in [2.75, 3.05) is 13.7 Å². The van der Waals surface area contributed by atoms with Gasteiger partial charge >= 0.3 is 5.97 Å². The fraction of sp³-hybridized carbons (Fsp3) is 0.400. The van der Waals surface area contributed by atoms with E-state index in [4.69, 9.17) is 4.42 Å². The maximum Gasteiger partial charge on any atom is 0.307 e. The Morgan fingerprint density at radius 3 is 2.80 bits per heavy atom. The normalized spacial score (nSPS) is 9.73. The second-order valence-corrected chi connectivity index (χ2v) is 3.01. The van der Waals surface area contributed by atoms with Crippen molar-refractivity contribution >= 4 is 11.9 Å². The van der Waals surface area contributed by atoms with Gasteiger partial charge in [-0.1, -0.05) is 0 Å². The predicted octanol–water partition coefficient (Wildman–Crippen LogP) is 0.881. The minimum absolute atomic E-state index is 0.155.